The summed E-state index contributed by atoms with van der Waals surface area (Å²) in [5.74, 6) is -5.72. The Balaban J connectivity index is 1.10. The summed E-state index contributed by atoms with van der Waals surface area (Å²) >= 11 is 1.25. The van der Waals surface area contributed by atoms with Gasteiger partial charge < -0.3 is 44.3 Å². The smallest absolute Gasteiger partial charge is 0.245 e. The van der Waals surface area contributed by atoms with Crippen LogP contribution < -0.4 is 10.6 Å². The molecule has 0 saturated carbocycles. The van der Waals surface area contributed by atoms with Crippen molar-refractivity contribution in [3.63, 3.8) is 0 Å². The largest absolute Gasteiger partial charge is 0.392 e. The van der Waals surface area contributed by atoms with Crippen LogP contribution in [0.5, 0.6) is 0 Å². The number of carbonyl (C=O) groups is 3. The van der Waals surface area contributed by atoms with Gasteiger partial charge in [-0.05, 0) is 103 Å². The summed E-state index contributed by atoms with van der Waals surface area (Å²) in [7, 11) is 0. The number of nitrogens with one attached hydrogen (secondary N) is 2. The molecule has 1 aromatic rings. The van der Waals surface area contributed by atoms with Crippen LogP contribution in [0.3, 0.4) is 0 Å². The molecule has 4 saturated heterocycles. The number of aliphatic hydroxyl groups excluding tert-OH is 2. The average molecular weight is 905 g/mol. The number of anilines is 1. The molecule has 1 aromatic heterocycles. The molecule has 5 aliphatic rings. The summed E-state index contributed by atoms with van der Waals surface area (Å²) in [6.45, 7) is 21.3. The molecule has 15 nitrogen and oxygen atoms in total. The van der Waals surface area contributed by atoms with Crippen molar-refractivity contribution < 1.29 is 53.4 Å². The van der Waals surface area contributed by atoms with Crippen LogP contribution in [-0.4, -0.2) is 115 Å². The normalized spacial score (nSPS) is 40.6. The van der Waals surface area contributed by atoms with E-state index in [1.807, 2.05) is 41.5 Å². The van der Waals surface area contributed by atoms with E-state index in [-0.39, 0.29) is 48.2 Å². The lowest BCUT2D eigenvalue weighted by atomic mass is 9.72. The van der Waals surface area contributed by atoms with Gasteiger partial charge in [0.2, 0.25) is 22.7 Å². The topological polar surface area (TPSA) is 208 Å². The molecule has 0 aliphatic carbocycles. The molecule has 2 amide bonds. The fourth-order valence-electron chi connectivity index (χ4n) is 11.3. The van der Waals surface area contributed by atoms with Crippen LogP contribution in [0.15, 0.2) is 12.2 Å². The van der Waals surface area contributed by atoms with Crippen molar-refractivity contribution in [2.45, 2.75) is 206 Å². The lowest BCUT2D eigenvalue weighted by Gasteiger charge is -2.54. The Hall–Kier alpha value is -2.41. The van der Waals surface area contributed by atoms with Gasteiger partial charge in [-0.15, -0.1) is 10.2 Å². The third-order valence-corrected chi connectivity index (χ3v) is 16.4. The molecule has 1 unspecified atom stereocenters. The molecular formula is C47H76N4O11S. The molecular weight excluding hydrogens is 829 g/mol. The van der Waals surface area contributed by atoms with Crippen LogP contribution in [0.1, 0.15) is 138 Å². The van der Waals surface area contributed by atoms with Gasteiger partial charge in [-0.1, -0.05) is 66.7 Å². The molecule has 2 spiro atoms. The number of amides is 2. The molecule has 5 aliphatic heterocycles. The minimum atomic E-state index is -1.39. The van der Waals surface area contributed by atoms with Crippen molar-refractivity contribution in [2.24, 2.45) is 41.4 Å². The van der Waals surface area contributed by atoms with E-state index in [1.165, 1.54) is 11.3 Å². The third kappa shape index (κ3) is 10.1. The van der Waals surface area contributed by atoms with Crippen molar-refractivity contribution in [3.05, 3.63) is 17.2 Å². The first-order valence-corrected chi connectivity index (χ1v) is 24.5. The molecule has 0 aromatic carbocycles. The predicted molar refractivity (Wildman–Crippen MR) is 237 cm³/mol. The maximum atomic E-state index is 14.7. The zero-order valence-electron chi connectivity index (χ0n) is 39.4. The zero-order chi connectivity index (χ0) is 46.2. The Labute approximate surface area is 378 Å². The van der Waals surface area contributed by atoms with E-state index in [0.29, 0.717) is 62.9 Å². The number of nitrogens with zero attached hydrogens (tertiary/aromatic N) is 2. The first-order valence-electron chi connectivity index (χ1n) is 23.7. The van der Waals surface area contributed by atoms with Crippen molar-refractivity contribution in [1.82, 2.24) is 15.5 Å². The van der Waals surface area contributed by atoms with E-state index in [9.17, 15) is 29.7 Å². The van der Waals surface area contributed by atoms with Crippen molar-refractivity contribution >= 4 is 34.1 Å². The highest BCUT2D eigenvalue weighted by atomic mass is 32.1. The number of aryl methyl sites for hydroxylation is 1. The zero-order valence-corrected chi connectivity index (χ0v) is 40.2. The molecule has 6 rings (SSSR count). The fraction of sp³-hybridized carbons (Fsp3) is 0.851. The van der Waals surface area contributed by atoms with E-state index in [0.717, 1.165) is 11.4 Å². The number of ether oxygens (including phenoxy) is 5. The van der Waals surface area contributed by atoms with E-state index >= 15 is 0 Å². The lowest BCUT2D eigenvalue weighted by molar-refractivity contribution is -0.409. The van der Waals surface area contributed by atoms with Crippen molar-refractivity contribution in [3.8, 4) is 0 Å². The standard InChI is InChI=1S/C47H76N4O11S/c1-12-32(42(56)48-24-37(53)49-43-51-50-31(10)63-43)34-16-15-25(4)40(59-34)29(8)38(54)28(7)39(55)33(13-2)41-26(5)23-27(6)46(60-41)20-17-35(52)47(62-46)22-21-44(11,61-47)36-18-19-45(57,14-3)30(9)58-36/h17,20,25-30,32-36,38,40-41,52,54,57H,12-16,18-19,21-24H2,1-11H3,(H,48,56)(H,49,51,53)/t25?,26-,27+,28-,29-,30-,32+,33-,34+,35+,36+,38+,40+,41-,44-,45+,46-,47-/m0/s1. The SMILES string of the molecule is CC[C@@H](C(=O)[C@@H](C)[C@@H](O)[C@H](C)[C@@H]1O[C@@H]([C@@H](CC)C(=O)NCC(=O)Nc2nnc(C)s2)CCC1C)[C@H]1O[C@]2(C=C[C@@H](O)[C@]3(CC[C@@](C)([C@H]4CC[C@](O)(CC)[C@H](C)O4)O3)O2)[C@H](C)C[C@@H]1C. The minimum Gasteiger partial charge on any atom is -0.392 e. The van der Waals surface area contributed by atoms with Gasteiger partial charge >= 0.3 is 0 Å². The molecule has 0 radical (unpaired) electrons. The van der Waals surface area contributed by atoms with Gasteiger partial charge in [0.05, 0.1) is 60.3 Å². The second kappa shape index (κ2) is 19.8. The molecule has 18 atom stereocenters. The number of rotatable bonds is 15. The van der Waals surface area contributed by atoms with Gasteiger partial charge in [0, 0.05) is 30.1 Å². The van der Waals surface area contributed by atoms with E-state index in [4.69, 9.17) is 23.7 Å². The van der Waals surface area contributed by atoms with Gasteiger partial charge in [0.25, 0.3) is 0 Å². The van der Waals surface area contributed by atoms with Gasteiger partial charge in [-0.2, -0.15) is 0 Å². The Morgan fingerprint density at radius 3 is 2.29 bits per heavy atom. The maximum Gasteiger partial charge on any atom is 0.245 e. The Kier molecular flexibility index (Phi) is 15.7. The number of Topliss-reactive ketones (excluding diaryl/α,β-unsaturated/α-hetero) is 1. The van der Waals surface area contributed by atoms with Crippen LogP contribution in [0.2, 0.25) is 0 Å². The predicted octanol–water partition coefficient (Wildman–Crippen LogP) is 6.02. The fourth-order valence-corrected chi connectivity index (χ4v) is 11.9. The summed E-state index contributed by atoms with van der Waals surface area (Å²) in [5.41, 5.74) is -1.66. The average Bonchev–Trinajstić information content (AvgIpc) is 3.83. The molecule has 6 heterocycles. The molecule has 4 fully saturated rings. The van der Waals surface area contributed by atoms with Gasteiger partial charge in [-0.3, -0.25) is 19.7 Å². The Morgan fingerprint density at radius 1 is 0.937 bits per heavy atom. The van der Waals surface area contributed by atoms with Crippen LogP contribution in [0, 0.1) is 48.3 Å². The number of aliphatic hydroxyl groups is 3. The van der Waals surface area contributed by atoms with Crippen LogP contribution in [0.25, 0.3) is 0 Å². The minimum absolute atomic E-state index is 0.00971. The highest BCUT2D eigenvalue weighted by Gasteiger charge is 2.63. The number of aromatic nitrogens is 2. The summed E-state index contributed by atoms with van der Waals surface area (Å²) in [6.07, 6.45) is 5.30. The second-order valence-electron chi connectivity index (χ2n) is 20.0. The summed E-state index contributed by atoms with van der Waals surface area (Å²) < 4.78 is 33.9. The van der Waals surface area contributed by atoms with Gasteiger partial charge in [0.1, 0.15) is 16.9 Å². The van der Waals surface area contributed by atoms with Crippen LogP contribution in [-0.2, 0) is 38.1 Å². The highest BCUT2D eigenvalue weighted by Crippen LogP contribution is 2.54. The van der Waals surface area contributed by atoms with Crippen molar-refractivity contribution in [1.29, 1.82) is 0 Å². The second-order valence-corrected chi connectivity index (χ2v) is 21.2. The third-order valence-electron chi connectivity index (χ3n) is 15.7. The molecule has 5 N–H and O–H groups in total. The van der Waals surface area contributed by atoms with Gasteiger partial charge in [0.15, 0.2) is 5.79 Å². The van der Waals surface area contributed by atoms with E-state index < -0.39 is 82.9 Å². The first kappa shape index (κ1) is 50.0. The summed E-state index contributed by atoms with van der Waals surface area (Å²) in [4.78, 5) is 40.6. The lowest BCUT2D eigenvalue weighted by Crippen LogP contribution is -2.63. The van der Waals surface area contributed by atoms with Crippen LogP contribution >= 0.6 is 11.3 Å². The Morgan fingerprint density at radius 2 is 1.65 bits per heavy atom. The first-order chi connectivity index (χ1) is 29.6. The van der Waals surface area contributed by atoms with Crippen LogP contribution in [0.4, 0.5) is 5.13 Å². The van der Waals surface area contributed by atoms with Crippen molar-refractivity contribution in [2.75, 3.05) is 11.9 Å². The summed E-state index contributed by atoms with van der Waals surface area (Å²) in [5, 5.41) is 48.9. The Bertz CT molecular complexity index is 1800. The monoisotopic (exact) mass is 905 g/mol. The quantitative estimate of drug-likeness (QED) is 0.128. The number of ketones is 1. The van der Waals surface area contributed by atoms with Gasteiger partial charge in [-0.25, -0.2) is 0 Å². The number of hydrogen-bond acceptors (Lipinski definition) is 14. The van der Waals surface area contributed by atoms with E-state index in [2.05, 4.69) is 41.6 Å². The number of hydrogen-bond donors (Lipinski definition) is 5. The maximum absolute atomic E-state index is 14.7. The summed E-state index contributed by atoms with van der Waals surface area (Å²) in [6, 6.07) is 0. The molecule has 63 heavy (non-hydrogen) atoms. The molecule has 16 heteroatoms. The number of carbonyl (C=O) groups excluding carboxylic acids is 3. The molecule has 0 bridgehead atoms. The van der Waals surface area contributed by atoms with E-state index in [1.54, 1.807) is 26.0 Å². The molecule has 356 valence electrons. The highest BCUT2D eigenvalue weighted by molar-refractivity contribution is 7.15.